The average Bonchev–Trinajstić information content (AvgIpc) is 3.37. The Bertz CT molecular complexity index is 1340. The number of rotatable bonds is 4. The van der Waals surface area contributed by atoms with E-state index in [1.165, 1.54) is 6.07 Å². The maximum absolute atomic E-state index is 13.5. The summed E-state index contributed by atoms with van der Waals surface area (Å²) in [6.07, 6.45) is -6.30. The highest BCUT2D eigenvalue weighted by Gasteiger charge is 2.77. The van der Waals surface area contributed by atoms with E-state index >= 15 is 0 Å². The number of anilines is 1. The van der Waals surface area contributed by atoms with E-state index in [-0.39, 0.29) is 18.7 Å². The number of ether oxygens (including phenoxy) is 2. The third-order valence-electron chi connectivity index (χ3n) is 7.48. The molecule has 2 bridgehead atoms. The van der Waals surface area contributed by atoms with Crippen LogP contribution in [0.2, 0.25) is 0 Å². The molecule has 0 aromatic heterocycles. The molecule has 2 aromatic carbocycles. The van der Waals surface area contributed by atoms with Gasteiger partial charge in [-0.1, -0.05) is 30.3 Å². The van der Waals surface area contributed by atoms with Crippen molar-refractivity contribution in [1.29, 1.82) is 5.26 Å². The lowest BCUT2D eigenvalue weighted by atomic mass is 9.67. The van der Waals surface area contributed by atoms with Crippen LogP contribution in [-0.2, 0) is 31.8 Å². The number of carbonyl (C=O) groups is 3. The Morgan fingerprint density at radius 2 is 1.84 bits per heavy atom. The SMILES string of the molecule is C[C@]12O[C@](C)(C[C@H]1OC(=O)NCc1ccccc1)[C@H]1C(=O)N(c3ccc(C#N)c(C(F)(F)F)c3)C(=O)[C@@H]12. The fourth-order valence-corrected chi connectivity index (χ4v) is 5.85. The molecule has 2 aromatic rings. The van der Waals surface area contributed by atoms with Crippen LogP contribution in [0.5, 0.6) is 0 Å². The second kappa shape index (κ2) is 8.31. The Labute approximate surface area is 209 Å². The molecular weight excluding hydrogens is 491 g/mol. The number of alkyl halides is 3. The van der Waals surface area contributed by atoms with Crippen LogP contribution in [0, 0.1) is 23.2 Å². The van der Waals surface area contributed by atoms with Crippen molar-refractivity contribution in [3.05, 3.63) is 65.2 Å². The fourth-order valence-electron chi connectivity index (χ4n) is 5.85. The number of nitriles is 1. The lowest BCUT2D eigenvalue weighted by Crippen LogP contribution is -2.51. The van der Waals surface area contributed by atoms with Gasteiger partial charge < -0.3 is 14.8 Å². The second-order valence-corrected chi connectivity index (χ2v) is 9.84. The van der Waals surface area contributed by atoms with Gasteiger partial charge in [-0.05, 0) is 37.6 Å². The van der Waals surface area contributed by atoms with Crippen molar-refractivity contribution >= 4 is 23.6 Å². The summed E-state index contributed by atoms with van der Waals surface area (Å²) < 4.78 is 52.3. The highest BCUT2D eigenvalue weighted by atomic mass is 19.4. The molecule has 3 aliphatic rings. The lowest BCUT2D eigenvalue weighted by molar-refractivity contribution is -0.138. The number of nitrogens with zero attached hydrogens (tertiary/aromatic N) is 2. The molecule has 0 spiro atoms. The van der Waals surface area contributed by atoms with Gasteiger partial charge in [-0.25, -0.2) is 9.69 Å². The zero-order valence-electron chi connectivity index (χ0n) is 19.8. The highest BCUT2D eigenvalue weighted by Crippen LogP contribution is 2.61. The molecule has 37 heavy (non-hydrogen) atoms. The summed E-state index contributed by atoms with van der Waals surface area (Å²) in [5.41, 5.74) is -3.80. The van der Waals surface area contributed by atoms with Crippen molar-refractivity contribution in [1.82, 2.24) is 5.32 Å². The molecule has 5 rings (SSSR count). The van der Waals surface area contributed by atoms with Gasteiger partial charge in [-0.3, -0.25) is 9.59 Å². The van der Waals surface area contributed by atoms with E-state index in [0.717, 1.165) is 22.6 Å². The molecule has 8 nitrogen and oxygen atoms in total. The van der Waals surface area contributed by atoms with Crippen LogP contribution in [0.3, 0.4) is 0 Å². The molecule has 3 amide bonds. The van der Waals surface area contributed by atoms with Crippen molar-refractivity contribution in [2.75, 3.05) is 4.90 Å². The Balaban J connectivity index is 1.39. The lowest BCUT2D eigenvalue weighted by Gasteiger charge is -2.34. The van der Waals surface area contributed by atoms with Gasteiger partial charge in [0.15, 0.2) is 0 Å². The minimum absolute atomic E-state index is 0.136. The molecule has 0 unspecified atom stereocenters. The minimum Gasteiger partial charge on any atom is -0.443 e. The fraction of sp³-hybridized carbons (Fsp3) is 0.385. The first-order valence-corrected chi connectivity index (χ1v) is 11.6. The first-order chi connectivity index (χ1) is 17.4. The van der Waals surface area contributed by atoms with Crippen molar-refractivity contribution in [3.63, 3.8) is 0 Å². The summed E-state index contributed by atoms with van der Waals surface area (Å²) in [4.78, 5) is 40.2. The molecule has 0 aliphatic carbocycles. The number of alkyl carbamates (subject to hydrolysis) is 1. The number of benzene rings is 2. The van der Waals surface area contributed by atoms with Crippen molar-refractivity contribution in [3.8, 4) is 6.07 Å². The molecule has 3 aliphatic heterocycles. The van der Waals surface area contributed by atoms with Crippen molar-refractivity contribution in [2.24, 2.45) is 11.8 Å². The van der Waals surface area contributed by atoms with Gasteiger partial charge in [-0.15, -0.1) is 0 Å². The smallest absolute Gasteiger partial charge is 0.417 e. The predicted molar refractivity (Wildman–Crippen MR) is 122 cm³/mol. The number of carbonyl (C=O) groups excluding carboxylic acids is 3. The van der Waals surface area contributed by atoms with Gasteiger partial charge in [-0.2, -0.15) is 18.4 Å². The van der Waals surface area contributed by atoms with E-state index < -0.39 is 64.4 Å². The molecule has 1 N–H and O–H groups in total. The van der Waals surface area contributed by atoms with Gasteiger partial charge in [0.25, 0.3) is 0 Å². The summed E-state index contributed by atoms with van der Waals surface area (Å²) in [5.74, 6) is -3.44. The van der Waals surface area contributed by atoms with E-state index in [9.17, 15) is 27.6 Å². The second-order valence-electron chi connectivity index (χ2n) is 9.84. The van der Waals surface area contributed by atoms with Crippen LogP contribution >= 0.6 is 0 Å². The number of imide groups is 1. The normalized spacial score (nSPS) is 30.3. The van der Waals surface area contributed by atoms with Gasteiger partial charge in [0.2, 0.25) is 11.8 Å². The largest absolute Gasteiger partial charge is 0.443 e. The number of halogens is 3. The summed E-state index contributed by atoms with van der Waals surface area (Å²) in [6, 6.07) is 13.4. The number of nitrogens with one attached hydrogen (secondary N) is 1. The maximum atomic E-state index is 13.5. The van der Waals surface area contributed by atoms with Gasteiger partial charge in [0.05, 0.1) is 40.3 Å². The van der Waals surface area contributed by atoms with E-state index in [4.69, 9.17) is 14.7 Å². The molecule has 0 radical (unpaired) electrons. The predicted octanol–water partition coefficient (Wildman–Crippen LogP) is 3.93. The monoisotopic (exact) mass is 513 g/mol. The Morgan fingerprint density at radius 1 is 1.16 bits per heavy atom. The summed E-state index contributed by atoms with van der Waals surface area (Å²) in [5, 5.41) is 11.7. The molecule has 3 fully saturated rings. The molecule has 3 heterocycles. The van der Waals surface area contributed by atoms with E-state index in [1.54, 1.807) is 13.8 Å². The maximum Gasteiger partial charge on any atom is 0.417 e. The first-order valence-electron chi connectivity index (χ1n) is 11.6. The third kappa shape index (κ3) is 3.83. The van der Waals surface area contributed by atoms with E-state index in [1.807, 2.05) is 30.3 Å². The topological polar surface area (TPSA) is 109 Å². The summed E-state index contributed by atoms with van der Waals surface area (Å²) >= 11 is 0. The standard InChI is InChI=1S/C26H22F3N3O5/c1-24-11-18(36-23(35)31-13-14-6-4-3-5-7-14)25(2,37-24)20-19(24)21(33)32(22(20)34)16-9-8-15(12-30)17(10-16)26(27,28)29/h3-10,18-20H,11,13H2,1-2H3,(H,31,35)/t18-,19-,20-,24-,25+/m1/s1. The number of amides is 3. The van der Waals surface area contributed by atoms with Crippen molar-refractivity contribution in [2.45, 2.75) is 50.3 Å². The van der Waals surface area contributed by atoms with Gasteiger partial charge in [0, 0.05) is 13.0 Å². The zero-order valence-corrected chi connectivity index (χ0v) is 19.8. The number of hydrogen-bond acceptors (Lipinski definition) is 6. The summed E-state index contributed by atoms with van der Waals surface area (Å²) in [6.45, 7) is 3.43. The van der Waals surface area contributed by atoms with Crippen LogP contribution in [0.1, 0.15) is 37.0 Å². The molecule has 5 atom stereocenters. The van der Waals surface area contributed by atoms with Crippen LogP contribution in [-0.4, -0.2) is 35.2 Å². The van der Waals surface area contributed by atoms with Crippen LogP contribution in [0.4, 0.5) is 23.7 Å². The highest BCUT2D eigenvalue weighted by molar-refractivity contribution is 6.23. The van der Waals surface area contributed by atoms with Gasteiger partial charge in [0.1, 0.15) is 11.7 Å². The molecule has 0 saturated carbocycles. The van der Waals surface area contributed by atoms with Crippen LogP contribution in [0.25, 0.3) is 0 Å². The minimum atomic E-state index is -4.85. The Morgan fingerprint density at radius 3 is 2.49 bits per heavy atom. The van der Waals surface area contributed by atoms with Crippen LogP contribution in [0.15, 0.2) is 48.5 Å². The molecule has 11 heteroatoms. The van der Waals surface area contributed by atoms with E-state index in [0.29, 0.717) is 6.07 Å². The average molecular weight is 513 g/mol. The summed E-state index contributed by atoms with van der Waals surface area (Å²) in [7, 11) is 0. The third-order valence-corrected chi connectivity index (χ3v) is 7.48. The Hall–Kier alpha value is -3.91. The zero-order chi connectivity index (χ0) is 26.8. The van der Waals surface area contributed by atoms with Gasteiger partial charge >= 0.3 is 12.3 Å². The number of fused-ring (bicyclic) bond motifs is 5. The van der Waals surface area contributed by atoms with Crippen molar-refractivity contribution < 1.29 is 37.0 Å². The van der Waals surface area contributed by atoms with Crippen LogP contribution < -0.4 is 10.2 Å². The molecule has 3 saturated heterocycles. The quantitative estimate of drug-likeness (QED) is 0.621. The number of hydrogen-bond donors (Lipinski definition) is 1. The molecular formula is C26H22F3N3O5. The Kier molecular flexibility index (Phi) is 5.56. The first kappa shape index (κ1) is 24.8. The van der Waals surface area contributed by atoms with E-state index in [2.05, 4.69) is 5.32 Å². The molecule has 192 valence electrons.